The largest absolute Gasteiger partial charge is 0.497 e. The molecule has 2 aromatic carbocycles. The summed E-state index contributed by atoms with van der Waals surface area (Å²) in [6.45, 7) is 0. The van der Waals surface area contributed by atoms with Crippen molar-refractivity contribution >= 4 is 55.7 Å². The van der Waals surface area contributed by atoms with Crippen molar-refractivity contribution in [1.29, 1.82) is 0 Å². The molecule has 0 aromatic heterocycles. The summed E-state index contributed by atoms with van der Waals surface area (Å²) in [6, 6.07) is 12.5. The van der Waals surface area contributed by atoms with Crippen LogP contribution in [-0.2, 0) is 15.6 Å². The van der Waals surface area contributed by atoms with E-state index in [0.29, 0.717) is 21.5 Å². The van der Waals surface area contributed by atoms with Gasteiger partial charge in [-0.05, 0) is 29.8 Å². The average Bonchev–Trinajstić information content (AvgIpc) is 3.12. The van der Waals surface area contributed by atoms with Crippen LogP contribution in [0.2, 0.25) is 10.0 Å². The Hall–Kier alpha value is -1.41. The smallest absolute Gasteiger partial charge is 0.164 e. The van der Waals surface area contributed by atoms with E-state index in [2.05, 4.69) is 0 Å². The van der Waals surface area contributed by atoms with Gasteiger partial charge < -0.3 is 9.64 Å². The first-order valence-corrected chi connectivity index (χ1v) is 12.2. The van der Waals surface area contributed by atoms with Crippen LogP contribution in [0.5, 0.6) is 5.75 Å². The van der Waals surface area contributed by atoms with E-state index in [1.54, 1.807) is 19.2 Å². The first-order chi connectivity index (χ1) is 13.4. The molecule has 0 spiro atoms. The number of nitrogens with zero attached hydrogens (tertiary/aromatic N) is 2. The third kappa shape index (κ3) is 3.85. The predicted octanol–water partition coefficient (Wildman–Crippen LogP) is 4.28. The zero-order valence-electron chi connectivity index (χ0n) is 15.0. The number of thioether (sulfide) groups is 1. The molecule has 5 nitrogen and oxygen atoms in total. The molecule has 2 atom stereocenters. The molecular formula is C19H18Cl2N2O3S2. The summed E-state index contributed by atoms with van der Waals surface area (Å²) in [7, 11) is -1.49. The van der Waals surface area contributed by atoms with Gasteiger partial charge in [0.1, 0.15) is 5.75 Å². The normalized spacial score (nSPS) is 22.8. The van der Waals surface area contributed by atoms with E-state index in [-0.39, 0.29) is 23.6 Å². The third-order valence-electron chi connectivity index (χ3n) is 4.85. The van der Waals surface area contributed by atoms with Crippen molar-refractivity contribution in [3.63, 3.8) is 0 Å². The van der Waals surface area contributed by atoms with Crippen LogP contribution in [0.4, 0.5) is 5.69 Å². The molecule has 2 aliphatic heterocycles. The number of amidine groups is 1. The first-order valence-electron chi connectivity index (χ1n) is 8.65. The van der Waals surface area contributed by atoms with Gasteiger partial charge in [0.25, 0.3) is 0 Å². The van der Waals surface area contributed by atoms with Crippen LogP contribution in [0.25, 0.3) is 0 Å². The van der Waals surface area contributed by atoms with Gasteiger partial charge in [-0.25, -0.2) is 8.42 Å². The summed E-state index contributed by atoms with van der Waals surface area (Å²) in [5.74, 6) is 1.43. The summed E-state index contributed by atoms with van der Waals surface area (Å²) < 4.78 is 29.7. The van der Waals surface area contributed by atoms with Crippen LogP contribution in [0.1, 0.15) is 5.56 Å². The van der Waals surface area contributed by atoms with Crippen molar-refractivity contribution in [1.82, 2.24) is 0 Å². The van der Waals surface area contributed by atoms with Gasteiger partial charge in [-0.3, -0.25) is 4.99 Å². The number of hydrogen-bond acceptors (Lipinski definition) is 6. The first kappa shape index (κ1) is 19.9. The molecule has 0 unspecified atom stereocenters. The number of halogens is 2. The second-order valence-corrected chi connectivity index (χ2v) is 10.6. The maximum atomic E-state index is 12.2. The van der Waals surface area contributed by atoms with Gasteiger partial charge in [-0.15, -0.1) is 0 Å². The third-order valence-corrected chi connectivity index (χ3v) is 8.25. The van der Waals surface area contributed by atoms with Crippen LogP contribution in [0.3, 0.4) is 0 Å². The van der Waals surface area contributed by atoms with E-state index in [9.17, 15) is 8.42 Å². The predicted molar refractivity (Wildman–Crippen MR) is 117 cm³/mol. The molecule has 0 amide bonds. The number of benzene rings is 2. The fourth-order valence-corrected chi connectivity index (χ4v) is 7.21. The summed E-state index contributed by atoms with van der Waals surface area (Å²) in [6.07, 6.45) is 0. The molecule has 2 aromatic rings. The van der Waals surface area contributed by atoms with Crippen molar-refractivity contribution in [2.24, 2.45) is 4.99 Å². The second-order valence-electron chi connectivity index (χ2n) is 6.68. The van der Waals surface area contributed by atoms with Crippen LogP contribution in [0.15, 0.2) is 47.5 Å². The number of anilines is 1. The van der Waals surface area contributed by atoms with E-state index in [4.69, 9.17) is 32.9 Å². The molecule has 1 fully saturated rings. The van der Waals surface area contributed by atoms with Crippen LogP contribution in [-0.4, -0.2) is 44.3 Å². The molecular weight excluding hydrogens is 439 g/mol. The monoisotopic (exact) mass is 456 g/mol. The van der Waals surface area contributed by atoms with Crippen LogP contribution in [0, 0.1) is 0 Å². The van der Waals surface area contributed by atoms with E-state index in [1.165, 1.54) is 11.8 Å². The number of ether oxygens (including phenoxy) is 1. The lowest BCUT2D eigenvalue weighted by Crippen LogP contribution is -2.39. The molecule has 148 valence electrons. The van der Waals surface area contributed by atoms with E-state index >= 15 is 0 Å². The molecule has 0 saturated carbocycles. The Morgan fingerprint density at radius 3 is 2.61 bits per heavy atom. The second kappa shape index (κ2) is 7.78. The molecule has 0 radical (unpaired) electrons. The molecule has 4 rings (SSSR count). The summed E-state index contributed by atoms with van der Waals surface area (Å²) in [5.41, 5.74) is 1.70. The van der Waals surface area contributed by atoms with E-state index < -0.39 is 9.84 Å². The highest BCUT2D eigenvalue weighted by Gasteiger charge is 2.47. The zero-order valence-corrected chi connectivity index (χ0v) is 18.2. The van der Waals surface area contributed by atoms with Crippen molar-refractivity contribution in [3.8, 4) is 5.75 Å². The van der Waals surface area contributed by atoms with Gasteiger partial charge in [0.2, 0.25) is 0 Å². The molecule has 2 heterocycles. The van der Waals surface area contributed by atoms with Crippen LogP contribution < -0.4 is 9.64 Å². The molecule has 0 aliphatic carbocycles. The molecule has 2 aliphatic rings. The van der Waals surface area contributed by atoms with Crippen molar-refractivity contribution in [2.45, 2.75) is 17.8 Å². The molecule has 9 heteroatoms. The number of sulfone groups is 1. The Balaban J connectivity index is 1.65. The molecule has 0 bridgehead atoms. The van der Waals surface area contributed by atoms with Crippen molar-refractivity contribution in [3.05, 3.63) is 58.1 Å². The molecule has 1 saturated heterocycles. The Morgan fingerprint density at radius 2 is 1.89 bits per heavy atom. The SMILES string of the molecule is COc1cccc(N2C(SCc3c(Cl)cccc3Cl)=N[C@@H]3CS(=O)(=O)C[C@H]32)c1. The van der Waals surface area contributed by atoms with Crippen molar-refractivity contribution in [2.75, 3.05) is 23.5 Å². The fraction of sp³-hybridized carbons (Fsp3) is 0.316. The van der Waals surface area contributed by atoms with E-state index in [1.807, 2.05) is 35.2 Å². The van der Waals surface area contributed by atoms with Gasteiger partial charge >= 0.3 is 0 Å². The lowest BCUT2D eigenvalue weighted by Gasteiger charge is -2.27. The summed E-state index contributed by atoms with van der Waals surface area (Å²) in [4.78, 5) is 6.74. The number of rotatable bonds is 4. The number of aliphatic imine (C=N–C) groups is 1. The average molecular weight is 457 g/mol. The Kier molecular flexibility index (Phi) is 5.53. The maximum absolute atomic E-state index is 12.2. The standard InChI is InChI=1S/C19H18Cl2N2O3S2/c1-26-13-5-2-4-12(8-13)23-18-11-28(24,25)10-17(18)22-19(23)27-9-14-15(20)6-3-7-16(14)21/h2-8,17-18H,9-11H2,1H3/t17-,18-/m1/s1. The van der Waals surface area contributed by atoms with Crippen molar-refractivity contribution < 1.29 is 13.2 Å². The number of fused-ring (bicyclic) bond motifs is 1. The maximum Gasteiger partial charge on any atom is 0.164 e. The Labute approximate surface area is 178 Å². The van der Waals surface area contributed by atoms with E-state index in [0.717, 1.165) is 16.4 Å². The molecule has 28 heavy (non-hydrogen) atoms. The minimum Gasteiger partial charge on any atom is -0.497 e. The highest BCUT2D eigenvalue weighted by molar-refractivity contribution is 8.13. The lowest BCUT2D eigenvalue weighted by molar-refractivity contribution is 0.415. The number of hydrogen-bond donors (Lipinski definition) is 0. The van der Waals surface area contributed by atoms with Gasteiger partial charge in [0.05, 0.1) is 30.7 Å². The molecule has 0 N–H and O–H groups in total. The zero-order chi connectivity index (χ0) is 19.9. The number of methoxy groups -OCH3 is 1. The highest BCUT2D eigenvalue weighted by atomic mass is 35.5. The Morgan fingerprint density at radius 1 is 1.18 bits per heavy atom. The topological polar surface area (TPSA) is 59.0 Å². The summed E-state index contributed by atoms with van der Waals surface area (Å²) >= 11 is 14.1. The Bertz CT molecular complexity index is 1020. The quantitative estimate of drug-likeness (QED) is 0.686. The fourth-order valence-electron chi connectivity index (χ4n) is 3.50. The highest BCUT2D eigenvalue weighted by Crippen LogP contribution is 2.38. The summed E-state index contributed by atoms with van der Waals surface area (Å²) in [5, 5.41) is 1.98. The van der Waals surface area contributed by atoms with Gasteiger partial charge in [0, 0.05) is 27.6 Å². The minimum atomic E-state index is -3.10. The lowest BCUT2D eigenvalue weighted by atomic mass is 10.1. The van der Waals surface area contributed by atoms with Crippen LogP contribution >= 0.6 is 35.0 Å². The van der Waals surface area contributed by atoms with Gasteiger partial charge in [-0.1, -0.05) is 47.1 Å². The van der Waals surface area contributed by atoms with Gasteiger partial charge in [0.15, 0.2) is 15.0 Å². The van der Waals surface area contributed by atoms with Gasteiger partial charge in [-0.2, -0.15) is 0 Å². The minimum absolute atomic E-state index is 0.0784.